The second-order valence-corrected chi connectivity index (χ2v) is 23.2. The fourth-order valence-electron chi connectivity index (χ4n) is 3.90. The highest BCUT2D eigenvalue weighted by atomic mass is 31.2. The third kappa shape index (κ3) is 7.42. The Labute approximate surface area is 143 Å². The van der Waals surface area contributed by atoms with Crippen LogP contribution in [-0.2, 0) is 4.52 Å². The Balaban J connectivity index is 2.18. The van der Waals surface area contributed by atoms with Crippen molar-refractivity contribution in [3.8, 4) is 0 Å². The highest BCUT2D eigenvalue weighted by Crippen LogP contribution is 2.69. The minimum absolute atomic E-state index is 0.0736. The molecule has 0 amide bonds. The fraction of sp³-hybridized carbons (Fsp3) is 0.889. The van der Waals surface area contributed by atoms with Gasteiger partial charge in [-0.15, -0.1) is 6.58 Å². The molecule has 0 bridgehead atoms. The van der Waals surface area contributed by atoms with Crippen molar-refractivity contribution in [1.82, 2.24) is 0 Å². The minimum atomic E-state index is -1.08. The lowest BCUT2D eigenvalue weighted by Gasteiger charge is -2.37. The second-order valence-electron chi connectivity index (χ2n) is 9.04. The summed E-state index contributed by atoms with van der Waals surface area (Å²) in [6.07, 6.45) is 12.9. The molecule has 1 rings (SSSR count). The largest absolute Gasteiger partial charge is 0.347 e. The summed E-state index contributed by atoms with van der Waals surface area (Å²) in [5, 5.41) is 0. The van der Waals surface area contributed by atoms with Gasteiger partial charge in [-0.1, -0.05) is 77.5 Å². The molecule has 0 aliphatic carbocycles. The summed E-state index contributed by atoms with van der Waals surface area (Å²) < 4.78 is 6.21. The van der Waals surface area contributed by atoms with E-state index in [-0.39, 0.29) is 8.15 Å². The molecule has 1 aliphatic rings. The molecule has 1 saturated heterocycles. The zero-order valence-corrected chi connectivity index (χ0v) is 18.8. The Morgan fingerprint density at radius 1 is 0.909 bits per heavy atom. The van der Waals surface area contributed by atoms with E-state index in [0.717, 1.165) is 4.91 Å². The molecule has 0 aromatic rings. The van der Waals surface area contributed by atoms with Gasteiger partial charge in [0.25, 0.3) is 0 Å². The predicted molar refractivity (Wildman–Crippen MR) is 109 cm³/mol. The Hall–Kier alpha value is 0.564. The van der Waals surface area contributed by atoms with Crippen molar-refractivity contribution in [3.63, 3.8) is 0 Å². The first-order valence-corrected chi connectivity index (χ1v) is 17.8. The molecule has 22 heavy (non-hydrogen) atoms. The van der Waals surface area contributed by atoms with Crippen LogP contribution in [0.3, 0.4) is 0 Å². The first-order valence-electron chi connectivity index (χ1n) is 9.24. The van der Waals surface area contributed by atoms with Crippen molar-refractivity contribution in [1.29, 1.82) is 0 Å². The first kappa shape index (κ1) is 20.6. The van der Waals surface area contributed by atoms with Gasteiger partial charge in [-0.05, 0) is 24.2 Å². The monoisotopic (exact) mass is 358 g/mol. The summed E-state index contributed by atoms with van der Waals surface area (Å²) >= 11 is 0. The number of rotatable bonds is 12. The zero-order valence-electron chi connectivity index (χ0n) is 16.0. The average Bonchev–Trinajstić information content (AvgIpc) is 3.07. The molecule has 1 fully saturated rings. The van der Waals surface area contributed by atoms with Gasteiger partial charge in [-0.2, -0.15) is 0 Å². The summed E-state index contributed by atoms with van der Waals surface area (Å²) in [4.78, 5) is 0.985. The van der Waals surface area contributed by atoms with Crippen LogP contribution in [0.25, 0.3) is 0 Å². The molecular weight excluding hydrogens is 319 g/mol. The van der Waals surface area contributed by atoms with Crippen LogP contribution in [0.1, 0.15) is 51.4 Å². The quantitative estimate of drug-likeness (QED) is 0.118. The van der Waals surface area contributed by atoms with Crippen molar-refractivity contribution in [2.75, 3.05) is 0 Å². The van der Waals surface area contributed by atoms with E-state index in [1.165, 1.54) is 51.4 Å². The summed E-state index contributed by atoms with van der Waals surface area (Å²) in [5.74, 6) is 0.666. The minimum Gasteiger partial charge on any atom is -0.347 e. The lowest BCUT2D eigenvalue weighted by atomic mass is 10.1. The van der Waals surface area contributed by atoms with Crippen LogP contribution < -0.4 is 0 Å². The molecule has 2 atom stereocenters. The van der Waals surface area contributed by atoms with Crippen molar-refractivity contribution in [2.45, 2.75) is 101 Å². The Bertz CT molecular complexity index is 319. The van der Waals surface area contributed by atoms with E-state index in [1.807, 2.05) is 6.08 Å². The van der Waals surface area contributed by atoms with Crippen molar-refractivity contribution in [2.24, 2.45) is 0 Å². The predicted octanol–water partition coefficient (Wildman–Crippen LogP) is 7.17. The number of unbranched alkanes of at least 4 members (excludes halogenated alkanes) is 6. The van der Waals surface area contributed by atoms with E-state index in [4.69, 9.17) is 4.52 Å². The third-order valence-electron chi connectivity index (χ3n) is 4.49. The lowest BCUT2D eigenvalue weighted by Crippen LogP contribution is -2.51. The number of allylic oxidation sites excluding steroid dienone is 1. The molecule has 0 radical (unpaired) electrons. The van der Waals surface area contributed by atoms with Crippen LogP contribution in [0.2, 0.25) is 39.3 Å². The third-order valence-corrected chi connectivity index (χ3v) is 20.9. The van der Waals surface area contributed by atoms with Gasteiger partial charge >= 0.3 is 0 Å². The topological polar surface area (TPSA) is 12.5 Å². The van der Waals surface area contributed by atoms with E-state index in [2.05, 4.69) is 45.9 Å². The molecule has 2 unspecified atom stereocenters. The standard InChI is InChI=1S/C18H39OPSi2/c1-8-9-10-11-12-13-14-15-16-17-19-20(17)18(21(2,3)4)22(5,6)7/h8,17-18H,1,9-16H2,2-7H3. The van der Waals surface area contributed by atoms with Crippen molar-refractivity contribution in [3.05, 3.63) is 12.7 Å². The van der Waals surface area contributed by atoms with Crippen LogP contribution in [0.4, 0.5) is 0 Å². The van der Waals surface area contributed by atoms with Crippen LogP contribution in [0.15, 0.2) is 12.7 Å². The van der Waals surface area contributed by atoms with Gasteiger partial charge in [0.05, 0.1) is 24.3 Å². The Kier molecular flexibility index (Phi) is 8.57. The van der Waals surface area contributed by atoms with E-state index >= 15 is 0 Å². The van der Waals surface area contributed by atoms with E-state index in [1.54, 1.807) is 0 Å². The number of hydrogen-bond acceptors (Lipinski definition) is 1. The number of hydrogen-bond donors (Lipinski definition) is 0. The van der Waals surface area contributed by atoms with Crippen LogP contribution in [-0.4, -0.2) is 26.9 Å². The molecule has 130 valence electrons. The molecule has 0 spiro atoms. The lowest BCUT2D eigenvalue weighted by molar-refractivity contribution is 0.421. The first-order chi connectivity index (χ1) is 10.2. The van der Waals surface area contributed by atoms with Crippen molar-refractivity contribution < 1.29 is 4.52 Å². The van der Waals surface area contributed by atoms with Gasteiger partial charge in [0.15, 0.2) is 0 Å². The summed E-state index contributed by atoms with van der Waals surface area (Å²) in [6.45, 7) is 19.1. The maximum absolute atomic E-state index is 6.21. The zero-order chi connectivity index (χ0) is 16.8. The molecule has 1 nitrogen and oxygen atoms in total. The van der Waals surface area contributed by atoms with E-state index in [0.29, 0.717) is 5.85 Å². The van der Waals surface area contributed by atoms with E-state index < -0.39 is 16.1 Å². The maximum Gasteiger partial charge on any atom is 0.105 e. The highest BCUT2D eigenvalue weighted by molar-refractivity contribution is 7.66. The highest BCUT2D eigenvalue weighted by Gasteiger charge is 2.54. The molecule has 0 saturated carbocycles. The smallest absolute Gasteiger partial charge is 0.105 e. The second kappa shape index (κ2) is 9.15. The van der Waals surface area contributed by atoms with Gasteiger partial charge in [-0.3, -0.25) is 0 Å². The molecule has 1 heterocycles. The van der Waals surface area contributed by atoms with E-state index in [9.17, 15) is 0 Å². The van der Waals surface area contributed by atoms with Crippen LogP contribution in [0.5, 0.6) is 0 Å². The average molecular weight is 359 g/mol. The van der Waals surface area contributed by atoms with Gasteiger partial charge in [0.2, 0.25) is 0 Å². The van der Waals surface area contributed by atoms with Gasteiger partial charge in [0.1, 0.15) is 5.85 Å². The fourth-order valence-corrected chi connectivity index (χ4v) is 23.1. The maximum atomic E-state index is 6.21. The van der Waals surface area contributed by atoms with Gasteiger partial charge < -0.3 is 4.52 Å². The Morgan fingerprint density at radius 3 is 1.91 bits per heavy atom. The Morgan fingerprint density at radius 2 is 1.41 bits per heavy atom. The molecule has 0 aromatic carbocycles. The molecule has 4 heteroatoms. The normalized spacial score (nSPS) is 22.1. The summed E-state index contributed by atoms with van der Waals surface area (Å²) in [6, 6.07) is 0. The summed E-state index contributed by atoms with van der Waals surface area (Å²) in [7, 11) is -2.23. The molecular formula is C18H39OPSi2. The van der Waals surface area contributed by atoms with Gasteiger partial charge in [-0.25, -0.2) is 0 Å². The summed E-state index contributed by atoms with van der Waals surface area (Å²) in [5.41, 5.74) is 0. The molecule has 1 aliphatic heterocycles. The van der Waals surface area contributed by atoms with Gasteiger partial charge in [0, 0.05) is 0 Å². The SMILES string of the molecule is C=CCCCCCCCCC1OP1C([Si](C)(C)C)[Si](C)(C)C. The molecule has 0 aromatic heterocycles. The van der Waals surface area contributed by atoms with Crippen LogP contribution >= 0.6 is 8.15 Å². The van der Waals surface area contributed by atoms with Crippen LogP contribution in [0, 0.1) is 0 Å². The molecule has 0 N–H and O–H groups in total. The van der Waals surface area contributed by atoms with Crippen molar-refractivity contribution >= 4 is 24.3 Å².